The summed E-state index contributed by atoms with van der Waals surface area (Å²) in [4.78, 5) is 28.8. The summed E-state index contributed by atoms with van der Waals surface area (Å²) in [6.07, 6.45) is 0.121. The van der Waals surface area contributed by atoms with Crippen molar-refractivity contribution in [2.75, 3.05) is 31.1 Å². The Morgan fingerprint density at radius 2 is 1.50 bits per heavy atom. The van der Waals surface area contributed by atoms with Gasteiger partial charge in [0.15, 0.2) is 11.5 Å². The zero-order chi connectivity index (χ0) is 31.1. The van der Waals surface area contributed by atoms with E-state index in [1.165, 1.54) is 54.4 Å². The molecule has 1 atom stereocenters. The summed E-state index contributed by atoms with van der Waals surface area (Å²) >= 11 is 0. The standard InChI is InChI=1S/C33H32FN3O6S/c1-35-33(39)29(20-24-10-4-2-5-11-24)36(22-25-12-8-9-15-28(25)34)32(38)23-37(44(40,41)27-13-6-3-7-14-27)26-16-17-30-31(21-26)43-19-18-42-30/h2-17,21,29H,18-20,22-23H2,1H3,(H,35,39). The summed E-state index contributed by atoms with van der Waals surface area (Å²) in [6, 6.07) is 26.3. The van der Waals surface area contributed by atoms with Gasteiger partial charge in [0, 0.05) is 31.6 Å². The maximum atomic E-state index is 14.9. The third kappa shape index (κ3) is 6.84. The molecular formula is C33H32FN3O6S. The average molecular weight is 618 g/mol. The van der Waals surface area contributed by atoms with Gasteiger partial charge in [-0.05, 0) is 35.9 Å². The lowest BCUT2D eigenvalue weighted by Crippen LogP contribution is -2.53. The number of amides is 2. The smallest absolute Gasteiger partial charge is 0.264 e. The van der Waals surface area contributed by atoms with Crippen LogP contribution in [0, 0.1) is 5.82 Å². The largest absolute Gasteiger partial charge is 0.486 e. The Labute approximate surface area is 255 Å². The first-order chi connectivity index (χ1) is 21.3. The molecule has 1 aliphatic heterocycles. The van der Waals surface area contributed by atoms with E-state index in [9.17, 15) is 22.4 Å². The molecule has 1 unspecified atom stereocenters. The van der Waals surface area contributed by atoms with Crippen molar-refractivity contribution < 1.29 is 31.9 Å². The third-order valence-corrected chi connectivity index (χ3v) is 9.03. The summed E-state index contributed by atoms with van der Waals surface area (Å²) in [6.45, 7) is -0.306. The minimum atomic E-state index is -4.29. The van der Waals surface area contributed by atoms with Gasteiger partial charge in [-0.15, -0.1) is 0 Å². The second-order valence-electron chi connectivity index (χ2n) is 10.1. The number of benzene rings is 4. The van der Waals surface area contributed by atoms with Crippen molar-refractivity contribution in [3.05, 3.63) is 120 Å². The van der Waals surface area contributed by atoms with Crippen LogP contribution in [0.2, 0.25) is 0 Å². The van der Waals surface area contributed by atoms with E-state index in [2.05, 4.69) is 5.32 Å². The van der Waals surface area contributed by atoms with Crippen molar-refractivity contribution in [2.24, 2.45) is 0 Å². The van der Waals surface area contributed by atoms with Crippen LogP contribution in [0.5, 0.6) is 11.5 Å². The molecular weight excluding hydrogens is 585 g/mol. The predicted molar refractivity (Wildman–Crippen MR) is 163 cm³/mol. The lowest BCUT2D eigenvalue weighted by Gasteiger charge is -2.34. The molecule has 0 aliphatic carbocycles. The number of nitrogens with zero attached hydrogens (tertiary/aromatic N) is 2. The van der Waals surface area contributed by atoms with Gasteiger partial charge in [-0.1, -0.05) is 66.7 Å². The molecule has 9 nitrogen and oxygen atoms in total. The topological polar surface area (TPSA) is 105 Å². The lowest BCUT2D eigenvalue weighted by atomic mass is 10.0. The molecule has 0 saturated carbocycles. The van der Waals surface area contributed by atoms with Gasteiger partial charge in [0.1, 0.15) is 31.6 Å². The Morgan fingerprint density at radius 3 is 2.18 bits per heavy atom. The normalized spacial score (nSPS) is 13.0. The maximum Gasteiger partial charge on any atom is 0.264 e. The number of carbonyl (C=O) groups is 2. The first-order valence-corrected chi connectivity index (χ1v) is 15.5. The molecule has 2 amide bonds. The van der Waals surface area contributed by atoms with Crippen molar-refractivity contribution in [1.82, 2.24) is 10.2 Å². The number of ether oxygens (including phenoxy) is 2. The number of rotatable bonds is 11. The molecule has 44 heavy (non-hydrogen) atoms. The molecule has 4 aromatic rings. The van der Waals surface area contributed by atoms with Gasteiger partial charge in [-0.3, -0.25) is 13.9 Å². The van der Waals surface area contributed by atoms with Gasteiger partial charge >= 0.3 is 0 Å². The molecule has 228 valence electrons. The number of carbonyl (C=O) groups excluding carboxylic acids is 2. The van der Waals surface area contributed by atoms with E-state index in [0.29, 0.717) is 18.1 Å². The van der Waals surface area contributed by atoms with E-state index in [1.54, 1.807) is 30.3 Å². The van der Waals surface area contributed by atoms with E-state index in [0.717, 1.165) is 9.87 Å². The number of likely N-dealkylation sites (N-methyl/N-ethyl adjacent to an activating group) is 1. The molecule has 11 heteroatoms. The minimum absolute atomic E-state index is 0.0320. The number of nitrogens with one attached hydrogen (secondary N) is 1. The highest BCUT2D eigenvalue weighted by atomic mass is 32.2. The molecule has 0 aromatic heterocycles. The highest BCUT2D eigenvalue weighted by molar-refractivity contribution is 7.92. The van der Waals surface area contributed by atoms with Crippen molar-refractivity contribution >= 4 is 27.5 Å². The molecule has 1 aliphatic rings. The number of anilines is 1. The van der Waals surface area contributed by atoms with Crippen LogP contribution in [0.15, 0.2) is 108 Å². The Morgan fingerprint density at radius 1 is 0.864 bits per heavy atom. The molecule has 0 fully saturated rings. The van der Waals surface area contributed by atoms with Gasteiger partial charge in [-0.25, -0.2) is 12.8 Å². The second-order valence-corrected chi connectivity index (χ2v) is 11.9. The van der Waals surface area contributed by atoms with Crippen molar-refractivity contribution in [2.45, 2.75) is 23.9 Å². The lowest BCUT2D eigenvalue weighted by molar-refractivity contribution is -0.139. The number of sulfonamides is 1. The van der Waals surface area contributed by atoms with Crippen LogP contribution in [0.1, 0.15) is 11.1 Å². The molecule has 0 saturated heterocycles. The van der Waals surface area contributed by atoms with Crippen LogP contribution in [-0.2, 0) is 32.6 Å². The highest BCUT2D eigenvalue weighted by Gasteiger charge is 2.35. The van der Waals surface area contributed by atoms with Gasteiger partial charge in [0.25, 0.3) is 10.0 Å². The number of fused-ring (bicyclic) bond motifs is 1. The fourth-order valence-corrected chi connectivity index (χ4v) is 6.39. The van der Waals surface area contributed by atoms with Crippen LogP contribution in [0.4, 0.5) is 10.1 Å². The Kier molecular flexibility index (Phi) is 9.44. The van der Waals surface area contributed by atoms with Gasteiger partial charge in [-0.2, -0.15) is 0 Å². The number of hydrogen-bond acceptors (Lipinski definition) is 6. The average Bonchev–Trinajstić information content (AvgIpc) is 3.06. The molecule has 1 N–H and O–H groups in total. The highest BCUT2D eigenvalue weighted by Crippen LogP contribution is 2.36. The second kappa shape index (κ2) is 13.6. The zero-order valence-electron chi connectivity index (χ0n) is 24.1. The van der Waals surface area contributed by atoms with E-state index in [4.69, 9.17) is 9.47 Å². The predicted octanol–water partition coefficient (Wildman–Crippen LogP) is 4.18. The molecule has 0 spiro atoms. The molecule has 0 radical (unpaired) electrons. The van der Waals surface area contributed by atoms with E-state index in [-0.39, 0.29) is 35.7 Å². The monoisotopic (exact) mass is 617 g/mol. The summed E-state index contributed by atoms with van der Waals surface area (Å²) in [5.74, 6) is -0.944. The zero-order valence-corrected chi connectivity index (χ0v) is 24.9. The van der Waals surface area contributed by atoms with E-state index < -0.39 is 40.2 Å². The molecule has 1 heterocycles. The van der Waals surface area contributed by atoms with Crippen LogP contribution in [0.3, 0.4) is 0 Å². The van der Waals surface area contributed by atoms with Crippen molar-refractivity contribution in [3.63, 3.8) is 0 Å². The first kappa shape index (κ1) is 30.6. The number of hydrogen-bond donors (Lipinski definition) is 1. The Balaban J connectivity index is 1.58. The van der Waals surface area contributed by atoms with Gasteiger partial charge in [0.2, 0.25) is 11.8 Å². The van der Waals surface area contributed by atoms with E-state index >= 15 is 0 Å². The maximum absolute atomic E-state index is 14.9. The first-order valence-electron chi connectivity index (χ1n) is 14.0. The van der Waals surface area contributed by atoms with Gasteiger partial charge in [0.05, 0.1) is 10.6 Å². The molecule has 4 aromatic carbocycles. The Bertz CT molecular complexity index is 1720. The summed E-state index contributed by atoms with van der Waals surface area (Å²) in [5.41, 5.74) is 1.12. The summed E-state index contributed by atoms with van der Waals surface area (Å²) in [5, 5.41) is 2.61. The van der Waals surface area contributed by atoms with Crippen LogP contribution in [0.25, 0.3) is 0 Å². The SMILES string of the molecule is CNC(=O)C(Cc1ccccc1)N(Cc1ccccc1F)C(=O)CN(c1ccc2c(c1)OCCO2)S(=O)(=O)c1ccccc1. The summed E-state index contributed by atoms with van der Waals surface area (Å²) in [7, 11) is -2.83. The quantitative estimate of drug-likeness (QED) is 0.271. The fourth-order valence-electron chi connectivity index (χ4n) is 4.97. The van der Waals surface area contributed by atoms with Crippen LogP contribution >= 0.6 is 0 Å². The fraction of sp³-hybridized carbons (Fsp3) is 0.212. The van der Waals surface area contributed by atoms with Gasteiger partial charge < -0.3 is 19.7 Å². The van der Waals surface area contributed by atoms with Crippen molar-refractivity contribution in [1.29, 1.82) is 0 Å². The number of halogens is 1. The molecule has 0 bridgehead atoms. The van der Waals surface area contributed by atoms with E-state index in [1.807, 2.05) is 30.3 Å². The van der Waals surface area contributed by atoms with Crippen LogP contribution in [-0.4, -0.2) is 58.0 Å². The third-order valence-electron chi connectivity index (χ3n) is 7.24. The van der Waals surface area contributed by atoms with Crippen LogP contribution < -0.4 is 19.1 Å². The Hall–Kier alpha value is -4.90. The molecule has 5 rings (SSSR count). The minimum Gasteiger partial charge on any atom is -0.486 e. The van der Waals surface area contributed by atoms with Crippen molar-refractivity contribution in [3.8, 4) is 11.5 Å². The summed E-state index contributed by atoms with van der Waals surface area (Å²) < 4.78 is 55.3.